The molecule has 1 fully saturated rings. The van der Waals surface area contributed by atoms with Gasteiger partial charge in [-0.15, -0.1) is 0 Å². The van der Waals surface area contributed by atoms with Crippen molar-refractivity contribution in [3.63, 3.8) is 0 Å². The molecule has 1 aliphatic rings. The summed E-state index contributed by atoms with van der Waals surface area (Å²) in [5.41, 5.74) is 0.277. The number of urea groups is 1. The van der Waals surface area contributed by atoms with E-state index >= 15 is 0 Å². The van der Waals surface area contributed by atoms with Crippen molar-refractivity contribution >= 4 is 12.0 Å². The third-order valence-electron chi connectivity index (χ3n) is 3.84. The Labute approximate surface area is 115 Å². The SMILES string of the molecule is CC1(CNC(=O)NCCCCCC(=O)O)CCCC1. The van der Waals surface area contributed by atoms with E-state index in [1.165, 1.54) is 25.7 Å². The Bertz CT molecular complexity index is 299. The van der Waals surface area contributed by atoms with Crippen molar-refractivity contribution in [2.45, 2.75) is 58.3 Å². The zero-order valence-electron chi connectivity index (χ0n) is 11.8. The van der Waals surface area contributed by atoms with Gasteiger partial charge in [0.1, 0.15) is 0 Å². The van der Waals surface area contributed by atoms with Crippen LogP contribution >= 0.6 is 0 Å². The van der Waals surface area contributed by atoms with E-state index in [-0.39, 0.29) is 17.9 Å². The number of carboxylic acids is 1. The molecule has 1 rings (SSSR count). The van der Waals surface area contributed by atoms with Crippen LogP contribution in [0.2, 0.25) is 0 Å². The summed E-state index contributed by atoms with van der Waals surface area (Å²) >= 11 is 0. The summed E-state index contributed by atoms with van der Waals surface area (Å²) in [5, 5.41) is 14.2. The minimum absolute atomic E-state index is 0.105. The van der Waals surface area contributed by atoms with Crippen LogP contribution in [0.3, 0.4) is 0 Å². The molecule has 0 unspecified atom stereocenters. The highest BCUT2D eigenvalue weighted by atomic mass is 16.4. The first-order chi connectivity index (χ1) is 9.02. The normalized spacial score (nSPS) is 17.1. The van der Waals surface area contributed by atoms with Crippen molar-refractivity contribution in [1.82, 2.24) is 10.6 Å². The lowest BCUT2D eigenvalue weighted by molar-refractivity contribution is -0.137. The molecule has 0 atom stereocenters. The third-order valence-corrected chi connectivity index (χ3v) is 3.84. The highest BCUT2D eigenvalue weighted by molar-refractivity contribution is 5.73. The van der Waals surface area contributed by atoms with Gasteiger partial charge < -0.3 is 15.7 Å². The molecule has 0 aliphatic heterocycles. The van der Waals surface area contributed by atoms with Crippen LogP contribution in [0.15, 0.2) is 0 Å². The van der Waals surface area contributed by atoms with Crippen LogP contribution < -0.4 is 10.6 Å². The van der Waals surface area contributed by atoms with Gasteiger partial charge >= 0.3 is 12.0 Å². The molecule has 3 N–H and O–H groups in total. The maximum Gasteiger partial charge on any atom is 0.314 e. The molecule has 0 radical (unpaired) electrons. The van der Waals surface area contributed by atoms with Gasteiger partial charge in [-0.3, -0.25) is 4.79 Å². The first-order valence-corrected chi connectivity index (χ1v) is 7.25. The summed E-state index contributed by atoms with van der Waals surface area (Å²) in [6.45, 7) is 3.59. The molecule has 0 aromatic carbocycles. The number of hydrogen-bond acceptors (Lipinski definition) is 2. The van der Waals surface area contributed by atoms with Gasteiger partial charge in [0.25, 0.3) is 0 Å². The van der Waals surface area contributed by atoms with Crippen LogP contribution in [0, 0.1) is 5.41 Å². The fourth-order valence-corrected chi connectivity index (χ4v) is 2.54. The zero-order chi connectivity index (χ0) is 14.1. The topological polar surface area (TPSA) is 78.4 Å². The first-order valence-electron chi connectivity index (χ1n) is 7.25. The Hall–Kier alpha value is -1.26. The predicted molar refractivity (Wildman–Crippen MR) is 74.1 cm³/mol. The Kier molecular flexibility index (Phi) is 6.67. The minimum Gasteiger partial charge on any atom is -0.481 e. The number of carbonyl (C=O) groups excluding carboxylic acids is 1. The molecule has 0 saturated heterocycles. The molecule has 5 heteroatoms. The van der Waals surface area contributed by atoms with E-state index < -0.39 is 5.97 Å². The van der Waals surface area contributed by atoms with Gasteiger partial charge in [0.05, 0.1) is 0 Å². The zero-order valence-corrected chi connectivity index (χ0v) is 11.8. The molecule has 1 saturated carbocycles. The highest BCUT2D eigenvalue weighted by Crippen LogP contribution is 2.36. The van der Waals surface area contributed by atoms with Gasteiger partial charge in [0.15, 0.2) is 0 Å². The fraction of sp³-hybridized carbons (Fsp3) is 0.857. The molecule has 1 aliphatic carbocycles. The third kappa shape index (κ3) is 7.03. The number of carbonyl (C=O) groups is 2. The monoisotopic (exact) mass is 270 g/mol. The van der Waals surface area contributed by atoms with Crippen molar-refractivity contribution in [3.8, 4) is 0 Å². The number of carboxylic acid groups (broad SMARTS) is 1. The molecular weight excluding hydrogens is 244 g/mol. The van der Waals surface area contributed by atoms with Gasteiger partial charge in [-0.2, -0.15) is 0 Å². The van der Waals surface area contributed by atoms with E-state index in [0.29, 0.717) is 13.0 Å². The van der Waals surface area contributed by atoms with E-state index in [9.17, 15) is 9.59 Å². The number of nitrogens with one attached hydrogen (secondary N) is 2. The average Bonchev–Trinajstić information content (AvgIpc) is 2.78. The summed E-state index contributed by atoms with van der Waals surface area (Å²) < 4.78 is 0. The molecule has 0 aromatic heterocycles. The highest BCUT2D eigenvalue weighted by Gasteiger charge is 2.28. The molecule has 0 aromatic rings. The largest absolute Gasteiger partial charge is 0.481 e. The number of hydrogen-bond donors (Lipinski definition) is 3. The van der Waals surface area contributed by atoms with Gasteiger partial charge in [0, 0.05) is 19.5 Å². The van der Waals surface area contributed by atoms with Crippen molar-refractivity contribution < 1.29 is 14.7 Å². The number of amides is 2. The second-order valence-electron chi connectivity index (χ2n) is 5.83. The molecule has 110 valence electrons. The van der Waals surface area contributed by atoms with Gasteiger partial charge in [0.2, 0.25) is 0 Å². The lowest BCUT2D eigenvalue weighted by atomic mass is 9.89. The second kappa shape index (κ2) is 8.02. The van der Waals surface area contributed by atoms with E-state index in [4.69, 9.17) is 5.11 Å². The molecule has 0 heterocycles. The van der Waals surface area contributed by atoms with E-state index in [2.05, 4.69) is 17.6 Å². The van der Waals surface area contributed by atoms with Crippen LogP contribution in [-0.4, -0.2) is 30.2 Å². The Balaban J connectivity index is 1.97. The predicted octanol–water partition coefficient (Wildman–Crippen LogP) is 2.51. The van der Waals surface area contributed by atoms with Crippen molar-refractivity contribution in [2.75, 3.05) is 13.1 Å². The molecule has 0 spiro atoms. The van der Waals surface area contributed by atoms with Crippen LogP contribution in [0.4, 0.5) is 4.79 Å². The molecule has 0 bridgehead atoms. The summed E-state index contributed by atoms with van der Waals surface area (Å²) in [5.74, 6) is -0.754. The molecular formula is C14H26N2O3. The quantitative estimate of drug-likeness (QED) is 0.593. The minimum atomic E-state index is -0.754. The fourth-order valence-electron chi connectivity index (χ4n) is 2.54. The summed E-state index contributed by atoms with van der Waals surface area (Å²) in [7, 11) is 0. The van der Waals surface area contributed by atoms with Crippen molar-refractivity contribution in [3.05, 3.63) is 0 Å². The standard InChI is InChI=1S/C14H26N2O3/c1-14(8-4-5-9-14)11-16-13(19)15-10-6-2-3-7-12(17)18/h2-11H2,1H3,(H,17,18)(H2,15,16,19). The van der Waals surface area contributed by atoms with Gasteiger partial charge in [-0.25, -0.2) is 4.79 Å². The molecule has 2 amide bonds. The number of aliphatic carboxylic acids is 1. The van der Waals surface area contributed by atoms with Gasteiger partial charge in [-0.05, 0) is 31.1 Å². The first kappa shape index (κ1) is 15.8. The number of unbranched alkanes of at least 4 members (excludes halogenated alkanes) is 2. The van der Waals surface area contributed by atoms with E-state index in [0.717, 1.165) is 19.4 Å². The maximum atomic E-state index is 11.6. The Morgan fingerprint density at radius 1 is 1.11 bits per heavy atom. The van der Waals surface area contributed by atoms with Gasteiger partial charge in [-0.1, -0.05) is 26.2 Å². The second-order valence-corrected chi connectivity index (χ2v) is 5.83. The summed E-state index contributed by atoms with van der Waals surface area (Å²) in [6, 6.07) is -0.105. The molecule has 5 nitrogen and oxygen atoms in total. The van der Waals surface area contributed by atoms with Crippen LogP contribution in [-0.2, 0) is 4.79 Å². The van der Waals surface area contributed by atoms with Crippen molar-refractivity contribution in [1.29, 1.82) is 0 Å². The van der Waals surface area contributed by atoms with Crippen LogP contribution in [0.1, 0.15) is 58.3 Å². The van der Waals surface area contributed by atoms with Crippen LogP contribution in [0.25, 0.3) is 0 Å². The summed E-state index contributed by atoms with van der Waals surface area (Å²) in [4.78, 5) is 21.9. The summed E-state index contributed by atoms with van der Waals surface area (Å²) in [6.07, 6.45) is 7.49. The Morgan fingerprint density at radius 2 is 1.79 bits per heavy atom. The van der Waals surface area contributed by atoms with E-state index in [1.54, 1.807) is 0 Å². The number of rotatable bonds is 8. The smallest absolute Gasteiger partial charge is 0.314 e. The van der Waals surface area contributed by atoms with Crippen molar-refractivity contribution in [2.24, 2.45) is 5.41 Å². The van der Waals surface area contributed by atoms with Crippen LogP contribution in [0.5, 0.6) is 0 Å². The lowest BCUT2D eigenvalue weighted by Crippen LogP contribution is -2.41. The van der Waals surface area contributed by atoms with E-state index in [1.807, 2.05) is 0 Å². The average molecular weight is 270 g/mol. The lowest BCUT2D eigenvalue weighted by Gasteiger charge is -2.23. The maximum absolute atomic E-state index is 11.6. The molecule has 19 heavy (non-hydrogen) atoms. The Morgan fingerprint density at radius 3 is 2.42 bits per heavy atom.